The number of para-hydroxylation sites is 1. The summed E-state index contributed by atoms with van der Waals surface area (Å²) in [5.41, 5.74) is 0.795. The zero-order valence-corrected chi connectivity index (χ0v) is 16.9. The number of hydrogen-bond donors (Lipinski definition) is 1. The van der Waals surface area contributed by atoms with Crippen molar-refractivity contribution in [3.05, 3.63) is 71.6 Å². The van der Waals surface area contributed by atoms with Crippen LogP contribution in [0.5, 0.6) is 0 Å². The smallest absolute Gasteiger partial charge is 0.421 e. The molecule has 142 valence electrons. The van der Waals surface area contributed by atoms with Gasteiger partial charge in [-0.1, -0.05) is 57.5 Å². The first-order valence-electron chi connectivity index (χ1n) is 8.54. The summed E-state index contributed by atoms with van der Waals surface area (Å²) in [6, 6.07) is 7.03. The molecule has 2 aromatic heterocycles. The highest BCUT2D eigenvalue weighted by atomic mass is 35.5. The molecule has 0 saturated heterocycles. The van der Waals surface area contributed by atoms with Crippen LogP contribution in [0.4, 0.5) is 0 Å². The molecule has 6 nitrogen and oxygen atoms in total. The fourth-order valence-corrected chi connectivity index (χ4v) is 3.54. The monoisotopic (exact) mass is 407 g/mol. The van der Waals surface area contributed by atoms with Crippen LogP contribution in [0.15, 0.2) is 33.9 Å². The molecule has 0 unspecified atom stereocenters. The van der Waals surface area contributed by atoms with Gasteiger partial charge in [0.1, 0.15) is 16.1 Å². The summed E-state index contributed by atoms with van der Waals surface area (Å²) in [5, 5.41) is 12.4. The van der Waals surface area contributed by atoms with Crippen molar-refractivity contribution in [1.29, 1.82) is 0 Å². The van der Waals surface area contributed by atoms with Gasteiger partial charge in [0.2, 0.25) is 5.15 Å². The van der Waals surface area contributed by atoms with Gasteiger partial charge in [0.25, 0.3) is 5.56 Å². The summed E-state index contributed by atoms with van der Waals surface area (Å²) in [5.74, 6) is 0.158. The lowest BCUT2D eigenvalue weighted by Gasteiger charge is -2.19. The largest absolute Gasteiger partial charge is 0.709 e. The molecule has 1 N–H and O–H groups in total. The normalized spacial score (nSPS) is 11.7. The molecule has 0 aliphatic carbocycles. The van der Waals surface area contributed by atoms with E-state index in [1.54, 1.807) is 0 Å². The standard InChI is InChI=1S/C19H19Cl2N3O3/c1-9(2)11-6-5-7-12(10(3)4)15(11)23-18-13(17(25)22-19(23)26)8-14(20)16(21)24(18)27/h5-10H,1-4H3,(H,22,25,26). The Balaban J connectivity index is 2.64. The summed E-state index contributed by atoms with van der Waals surface area (Å²) in [6.07, 6.45) is 0. The summed E-state index contributed by atoms with van der Waals surface area (Å²) >= 11 is 12.0. The molecule has 0 amide bonds. The minimum absolute atomic E-state index is 0.00716. The molecule has 0 bridgehead atoms. The Morgan fingerprint density at radius 3 is 2.15 bits per heavy atom. The number of benzene rings is 1. The zero-order valence-electron chi connectivity index (χ0n) is 15.3. The van der Waals surface area contributed by atoms with Gasteiger partial charge in [-0.3, -0.25) is 9.78 Å². The van der Waals surface area contributed by atoms with Crippen LogP contribution in [0.25, 0.3) is 16.7 Å². The minimum Gasteiger partial charge on any atom is -0.709 e. The van der Waals surface area contributed by atoms with Crippen LogP contribution in [0.1, 0.15) is 50.7 Å². The van der Waals surface area contributed by atoms with E-state index in [-0.39, 0.29) is 33.0 Å². The van der Waals surface area contributed by atoms with Crippen molar-refractivity contribution >= 4 is 34.2 Å². The number of aromatic amines is 1. The molecule has 2 heterocycles. The van der Waals surface area contributed by atoms with Gasteiger partial charge in [0, 0.05) is 11.1 Å². The van der Waals surface area contributed by atoms with Gasteiger partial charge in [0.05, 0.1) is 0 Å². The van der Waals surface area contributed by atoms with E-state index in [9.17, 15) is 14.8 Å². The average molecular weight is 408 g/mol. The Kier molecular flexibility index (Phi) is 5.06. The number of nitrogens with one attached hydrogen (secondary N) is 1. The zero-order chi connectivity index (χ0) is 20.0. The molecule has 8 heteroatoms. The second-order valence-electron chi connectivity index (χ2n) is 7.00. The summed E-state index contributed by atoms with van der Waals surface area (Å²) in [6.45, 7) is 7.99. The second-order valence-corrected chi connectivity index (χ2v) is 7.77. The van der Waals surface area contributed by atoms with Crippen molar-refractivity contribution in [3.8, 4) is 5.69 Å². The van der Waals surface area contributed by atoms with Gasteiger partial charge in [-0.15, -0.1) is 4.57 Å². The van der Waals surface area contributed by atoms with Crippen LogP contribution in [0.3, 0.4) is 0 Å². The van der Waals surface area contributed by atoms with E-state index in [1.807, 2.05) is 45.9 Å². The van der Waals surface area contributed by atoms with Crippen LogP contribution in [-0.4, -0.2) is 9.55 Å². The molecule has 0 spiro atoms. The SMILES string of the molecule is CC(C)c1cccc(C(C)C)c1-n1c(=O)[nH]c(=O)c2cc(Cl)c(Cl)[n+]([O-])c21. The number of fused-ring (bicyclic) bond motifs is 1. The molecular formula is C19H19Cl2N3O3. The van der Waals surface area contributed by atoms with Crippen molar-refractivity contribution in [3.63, 3.8) is 0 Å². The molecule has 0 aliphatic rings. The molecule has 1 aromatic carbocycles. The van der Waals surface area contributed by atoms with Crippen molar-refractivity contribution in [2.45, 2.75) is 39.5 Å². The van der Waals surface area contributed by atoms with Gasteiger partial charge in [-0.25, -0.2) is 9.52 Å². The first-order chi connectivity index (χ1) is 12.6. The highest BCUT2D eigenvalue weighted by Gasteiger charge is 2.27. The number of nitrogens with zero attached hydrogens (tertiary/aromatic N) is 2. The third-order valence-electron chi connectivity index (χ3n) is 4.53. The fraction of sp³-hybridized carbons (Fsp3) is 0.316. The van der Waals surface area contributed by atoms with Crippen molar-refractivity contribution < 1.29 is 4.73 Å². The molecule has 0 atom stereocenters. The van der Waals surface area contributed by atoms with Crippen LogP contribution >= 0.6 is 23.2 Å². The van der Waals surface area contributed by atoms with Gasteiger partial charge in [-0.2, -0.15) is 0 Å². The van der Waals surface area contributed by atoms with E-state index in [4.69, 9.17) is 23.2 Å². The average Bonchev–Trinajstić information content (AvgIpc) is 2.60. The first kappa shape index (κ1) is 19.5. The lowest BCUT2D eigenvalue weighted by atomic mass is 9.92. The van der Waals surface area contributed by atoms with E-state index in [1.165, 1.54) is 10.6 Å². The molecule has 3 aromatic rings. The Labute approximate surface area is 165 Å². The van der Waals surface area contributed by atoms with E-state index in [2.05, 4.69) is 4.98 Å². The lowest BCUT2D eigenvalue weighted by molar-refractivity contribution is -0.577. The van der Waals surface area contributed by atoms with Crippen molar-refractivity contribution in [2.75, 3.05) is 0 Å². The van der Waals surface area contributed by atoms with Crippen LogP contribution in [0.2, 0.25) is 10.2 Å². The highest BCUT2D eigenvalue weighted by Crippen LogP contribution is 2.31. The van der Waals surface area contributed by atoms with Gasteiger partial charge >= 0.3 is 11.3 Å². The van der Waals surface area contributed by atoms with E-state index in [0.29, 0.717) is 10.4 Å². The van der Waals surface area contributed by atoms with E-state index >= 15 is 0 Å². The summed E-state index contributed by atoms with van der Waals surface area (Å²) < 4.78 is 1.56. The third kappa shape index (κ3) is 3.13. The van der Waals surface area contributed by atoms with Crippen molar-refractivity contribution in [1.82, 2.24) is 9.55 Å². The summed E-state index contributed by atoms with van der Waals surface area (Å²) in [4.78, 5) is 27.4. The number of halogens is 2. The Morgan fingerprint density at radius 1 is 1.07 bits per heavy atom. The van der Waals surface area contributed by atoms with Crippen LogP contribution < -0.4 is 16.0 Å². The van der Waals surface area contributed by atoms with Gasteiger partial charge in [-0.05, 0) is 29.5 Å². The molecule has 27 heavy (non-hydrogen) atoms. The molecule has 3 rings (SSSR count). The Morgan fingerprint density at radius 2 is 1.63 bits per heavy atom. The van der Waals surface area contributed by atoms with Crippen LogP contribution in [-0.2, 0) is 0 Å². The van der Waals surface area contributed by atoms with Crippen LogP contribution in [0, 0.1) is 5.21 Å². The summed E-state index contributed by atoms with van der Waals surface area (Å²) in [7, 11) is 0. The molecule has 0 saturated carbocycles. The topological polar surface area (TPSA) is 81.8 Å². The maximum Gasteiger partial charge on any atom is 0.421 e. The second kappa shape index (κ2) is 7.02. The Hall–Kier alpha value is -2.31. The predicted octanol–water partition coefficient (Wildman–Crippen LogP) is 3.87. The number of aromatic nitrogens is 3. The van der Waals surface area contributed by atoms with Gasteiger partial charge < -0.3 is 5.21 Å². The van der Waals surface area contributed by atoms with E-state index in [0.717, 1.165) is 11.1 Å². The lowest BCUT2D eigenvalue weighted by Crippen LogP contribution is -2.40. The molecule has 0 radical (unpaired) electrons. The third-order valence-corrected chi connectivity index (χ3v) is 5.27. The number of pyridine rings is 1. The fourth-order valence-electron chi connectivity index (χ4n) is 3.22. The predicted molar refractivity (Wildman–Crippen MR) is 107 cm³/mol. The number of rotatable bonds is 3. The van der Waals surface area contributed by atoms with Gasteiger partial charge in [0.15, 0.2) is 0 Å². The quantitative estimate of drug-likeness (QED) is 0.406. The van der Waals surface area contributed by atoms with E-state index < -0.39 is 11.2 Å². The molecular weight excluding hydrogens is 389 g/mol. The molecule has 0 aliphatic heterocycles. The minimum atomic E-state index is -0.703. The highest BCUT2D eigenvalue weighted by molar-refractivity contribution is 6.41. The number of hydrogen-bond acceptors (Lipinski definition) is 3. The number of H-pyrrole nitrogens is 1. The molecule has 0 fully saturated rings. The van der Waals surface area contributed by atoms with Crippen molar-refractivity contribution in [2.24, 2.45) is 0 Å². The maximum atomic E-state index is 12.8. The first-order valence-corrected chi connectivity index (χ1v) is 9.30. The Bertz CT molecular complexity index is 1140. The maximum absolute atomic E-state index is 12.8.